The van der Waals surface area contributed by atoms with Crippen LogP contribution in [0, 0.1) is 11.8 Å². The van der Waals surface area contributed by atoms with Crippen molar-refractivity contribution in [1.29, 1.82) is 0 Å². The Morgan fingerprint density at radius 3 is 3.00 bits per heavy atom. The van der Waals surface area contributed by atoms with E-state index in [1.165, 1.54) is 22.7 Å². The summed E-state index contributed by atoms with van der Waals surface area (Å²) in [6.45, 7) is 8.82. The quantitative estimate of drug-likeness (QED) is 0.819. The molecule has 0 saturated carbocycles. The maximum absolute atomic E-state index is 4.44. The summed E-state index contributed by atoms with van der Waals surface area (Å²) in [7, 11) is 0. The molecule has 0 fully saturated rings. The van der Waals surface area contributed by atoms with E-state index in [0.29, 0.717) is 0 Å². The van der Waals surface area contributed by atoms with Crippen molar-refractivity contribution in [2.75, 3.05) is 6.54 Å². The molecule has 1 heterocycles. The minimum absolute atomic E-state index is 0.747. The number of nitrogens with zero attached hydrogens (tertiary/aromatic N) is 1. The summed E-state index contributed by atoms with van der Waals surface area (Å²) < 4.78 is 0. The Morgan fingerprint density at radius 2 is 2.33 bits per heavy atom. The molecule has 1 N–H and O–H groups in total. The third-order valence-corrected chi connectivity index (χ3v) is 4.69. The zero-order valence-electron chi connectivity index (χ0n) is 11.7. The minimum atomic E-state index is 0.747. The van der Waals surface area contributed by atoms with Gasteiger partial charge in [0.05, 0.1) is 0 Å². The zero-order valence-corrected chi connectivity index (χ0v) is 12.5. The highest BCUT2D eigenvalue weighted by Gasteiger charge is 2.17. The molecule has 18 heavy (non-hydrogen) atoms. The molecule has 1 aliphatic rings. The molecule has 1 aliphatic carbocycles. The molecule has 0 saturated heterocycles. The summed E-state index contributed by atoms with van der Waals surface area (Å²) >= 11 is 1.84. The monoisotopic (exact) mass is 264 g/mol. The van der Waals surface area contributed by atoms with Gasteiger partial charge in [-0.15, -0.1) is 11.3 Å². The van der Waals surface area contributed by atoms with Gasteiger partial charge in [0, 0.05) is 17.6 Å². The zero-order chi connectivity index (χ0) is 13.0. The van der Waals surface area contributed by atoms with Crippen LogP contribution < -0.4 is 5.32 Å². The Balaban J connectivity index is 1.74. The van der Waals surface area contributed by atoms with Gasteiger partial charge < -0.3 is 5.32 Å². The van der Waals surface area contributed by atoms with E-state index in [9.17, 15) is 0 Å². The maximum Gasteiger partial charge on any atom is 0.107 e. The topological polar surface area (TPSA) is 24.9 Å². The van der Waals surface area contributed by atoms with Gasteiger partial charge in [0.15, 0.2) is 0 Å². The van der Waals surface area contributed by atoms with Crippen LogP contribution >= 0.6 is 11.3 Å². The Morgan fingerprint density at radius 1 is 1.50 bits per heavy atom. The summed E-state index contributed by atoms with van der Waals surface area (Å²) in [4.78, 5) is 5.83. The number of hydrogen-bond donors (Lipinski definition) is 1. The molecular weight excluding hydrogens is 240 g/mol. The van der Waals surface area contributed by atoms with Gasteiger partial charge in [-0.2, -0.15) is 0 Å². The first-order valence-corrected chi connectivity index (χ1v) is 7.80. The summed E-state index contributed by atoms with van der Waals surface area (Å²) in [6, 6.07) is 0. The third-order valence-electron chi connectivity index (χ3n) is 3.54. The van der Waals surface area contributed by atoms with Crippen molar-refractivity contribution in [2.45, 2.75) is 46.6 Å². The van der Waals surface area contributed by atoms with Gasteiger partial charge in [-0.1, -0.05) is 25.5 Å². The van der Waals surface area contributed by atoms with E-state index in [2.05, 4.69) is 37.1 Å². The van der Waals surface area contributed by atoms with Crippen molar-refractivity contribution in [3.63, 3.8) is 0 Å². The normalized spacial score (nSPS) is 24.1. The number of allylic oxidation sites excluding steroid dienone is 2. The van der Waals surface area contributed by atoms with Crippen molar-refractivity contribution in [1.82, 2.24) is 10.3 Å². The SMILES string of the molecule is CCc1cnc(CNCC2CC(C)=CC(C)C2)s1. The first-order valence-electron chi connectivity index (χ1n) is 6.99. The van der Waals surface area contributed by atoms with E-state index in [4.69, 9.17) is 0 Å². The fourth-order valence-corrected chi connectivity index (χ4v) is 3.65. The van der Waals surface area contributed by atoms with Crippen LogP contribution in [-0.2, 0) is 13.0 Å². The first-order chi connectivity index (χ1) is 8.67. The number of nitrogens with one attached hydrogen (secondary N) is 1. The maximum atomic E-state index is 4.44. The smallest absolute Gasteiger partial charge is 0.107 e. The van der Waals surface area contributed by atoms with E-state index in [0.717, 1.165) is 31.3 Å². The average molecular weight is 264 g/mol. The number of aryl methyl sites for hydroxylation is 1. The summed E-state index contributed by atoms with van der Waals surface area (Å²) in [5, 5.41) is 4.80. The molecule has 0 bridgehead atoms. The molecule has 0 amide bonds. The Bertz CT molecular complexity index is 408. The second-order valence-electron chi connectivity index (χ2n) is 5.50. The van der Waals surface area contributed by atoms with Crippen LogP contribution in [-0.4, -0.2) is 11.5 Å². The van der Waals surface area contributed by atoms with Gasteiger partial charge in [-0.3, -0.25) is 0 Å². The molecule has 100 valence electrons. The Labute approximate surface area is 115 Å². The highest BCUT2D eigenvalue weighted by molar-refractivity contribution is 7.11. The van der Waals surface area contributed by atoms with Gasteiger partial charge >= 0.3 is 0 Å². The lowest BCUT2D eigenvalue weighted by Gasteiger charge is -2.25. The van der Waals surface area contributed by atoms with Crippen molar-refractivity contribution < 1.29 is 0 Å². The predicted molar refractivity (Wildman–Crippen MR) is 78.8 cm³/mol. The lowest BCUT2D eigenvalue weighted by molar-refractivity contribution is 0.381. The van der Waals surface area contributed by atoms with Crippen molar-refractivity contribution >= 4 is 11.3 Å². The van der Waals surface area contributed by atoms with Crippen LogP contribution in [0.5, 0.6) is 0 Å². The molecule has 0 aliphatic heterocycles. The van der Waals surface area contributed by atoms with E-state index in [-0.39, 0.29) is 0 Å². The molecule has 0 spiro atoms. The number of rotatable bonds is 5. The molecule has 1 aromatic heterocycles. The molecule has 2 unspecified atom stereocenters. The molecule has 2 nitrogen and oxygen atoms in total. The fourth-order valence-electron chi connectivity index (χ4n) is 2.82. The van der Waals surface area contributed by atoms with Crippen LogP contribution in [0.2, 0.25) is 0 Å². The summed E-state index contributed by atoms with van der Waals surface area (Å²) in [6.07, 6.45) is 8.11. The number of thiazole rings is 1. The van der Waals surface area contributed by atoms with Gasteiger partial charge in [-0.05, 0) is 44.6 Å². The largest absolute Gasteiger partial charge is 0.310 e. The third kappa shape index (κ3) is 3.92. The van der Waals surface area contributed by atoms with Crippen LogP contribution in [0.15, 0.2) is 17.8 Å². The van der Waals surface area contributed by atoms with E-state index < -0.39 is 0 Å². The average Bonchev–Trinajstić information content (AvgIpc) is 2.76. The molecule has 3 heteroatoms. The second-order valence-corrected chi connectivity index (χ2v) is 6.70. The van der Waals surface area contributed by atoms with Gasteiger partial charge in [-0.25, -0.2) is 4.98 Å². The van der Waals surface area contributed by atoms with Crippen LogP contribution in [0.1, 0.15) is 43.5 Å². The van der Waals surface area contributed by atoms with Gasteiger partial charge in [0.25, 0.3) is 0 Å². The number of aromatic nitrogens is 1. The highest BCUT2D eigenvalue weighted by Crippen LogP contribution is 2.27. The van der Waals surface area contributed by atoms with Gasteiger partial charge in [0.1, 0.15) is 5.01 Å². The second kappa shape index (κ2) is 6.48. The molecule has 0 radical (unpaired) electrons. The first kappa shape index (κ1) is 13.8. The fraction of sp³-hybridized carbons (Fsp3) is 0.667. The lowest BCUT2D eigenvalue weighted by Crippen LogP contribution is -2.25. The van der Waals surface area contributed by atoms with E-state index >= 15 is 0 Å². The molecular formula is C15H24N2S. The van der Waals surface area contributed by atoms with Crippen molar-refractivity contribution in [2.24, 2.45) is 11.8 Å². The predicted octanol–water partition coefficient (Wildman–Crippen LogP) is 3.79. The van der Waals surface area contributed by atoms with Crippen molar-refractivity contribution in [3.8, 4) is 0 Å². The summed E-state index contributed by atoms with van der Waals surface area (Å²) in [5.41, 5.74) is 1.56. The summed E-state index contributed by atoms with van der Waals surface area (Å²) in [5.74, 6) is 1.55. The van der Waals surface area contributed by atoms with Gasteiger partial charge in [0.2, 0.25) is 0 Å². The van der Waals surface area contributed by atoms with Crippen LogP contribution in [0.3, 0.4) is 0 Å². The van der Waals surface area contributed by atoms with Crippen LogP contribution in [0.25, 0.3) is 0 Å². The van der Waals surface area contributed by atoms with E-state index in [1.54, 1.807) is 5.57 Å². The number of hydrogen-bond acceptors (Lipinski definition) is 3. The van der Waals surface area contributed by atoms with Crippen LogP contribution in [0.4, 0.5) is 0 Å². The Kier molecular flexibility index (Phi) is 4.95. The molecule has 2 rings (SSSR count). The highest BCUT2D eigenvalue weighted by atomic mass is 32.1. The lowest BCUT2D eigenvalue weighted by atomic mass is 9.84. The van der Waals surface area contributed by atoms with E-state index in [1.807, 2.05) is 17.5 Å². The Hall–Kier alpha value is -0.670. The molecule has 2 atom stereocenters. The molecule has 1 aromatic rings. The minimum Gasteiger partial charge on any atom is -0.310 e. The van der Waals surface area contributed by atoms with Crippen molar-refractivity contribution in [3.05, 3.63) is 27.7 Å². The standard InChI is InChI=1S/C15H24N2S/c1-4-14-9-17-15(18-14)10-16-8-13-6-11(2)5-12(3)7-13/h5,9,11,13,16H,4,6-8,10H2,1-3H3. The molecule has 0 aromatic carbocycles.